The number of nitrogens with zero attached hydrogens (tertiary/aromatic N) is 1. The van der Waals surface area contributed by atoms with Crippen molar-refractivity contribution in [3.05, 3.63) is 34.3 Å². The average molecular weight is 267 g/mol. The smallest absolute Gasteiger partial charge is 0.226 e. The zero-order valence-corrected chi connectivity index (χ0v) is 11.6. The molecule has 1 atom stereocenters. The largest absolute Gasteiger partial charge is 0.338 e. The lowest BCUT2D eigenvalue weighted by Crippen LogP contribution is -2.41. The molecule has 1 amide bonds. The molecular formula is C14H19ClN2O. The number of halogens is 1. The first-order valence-corrected chi connectivity index (χ1v) is 6.71. The van der Waals surface area contributed by atoms with Crippen molar-refractivity contribution in [3.63, 3.8) is 0 Å². The summed E-state index contributed by atoms with van der Waals surface area (Å²) in [5, 5.41) is 3.87. The van der Waals surface area contributed by atoms with Gasteiger partial charge in [-0.15, -0.1) is 0 Å². The van der Waals surface area contributed by atoms with Crippen LogP contribution in [0.1, 0.15) is 18.1 Å². The highest BCUT2D eigenvalue weighted by molar-refractivity contribution is 6.31. The second-order valence-corrected chi connectivity index (χ2v) is 5.25. The highest BCUT2D eigenvalue weighted by Gasteiger charge is 2.24. The fourth-order valence-corrected chi connectivity index (χ4v) is 2.74. The second-order valence-electron chi connectivity index (χ2n) is 4.85. The third-order valence-electron chi connectivity index (χ3n) is 3.45. The Balaban J connectivity index is 2.10. The molecule has 4 heteroatoms. The first-order chi connectivity index (χ1) is 8.63. The highest BCUT2D eigenvalue weighted by atomic mass is 35.5. The molecule has 0 aliphatic carbocycles. The Morgan fingerprint density at radius 1 is 1.56 bits per heavy atom. The summed E-state index contributed by atoms with van der Waals surface area (Å²) in [6, 6.07) is 5.93. The van der Waals surface area contributed by atoms with Crippen LogP contribution in [0.4, 0.5) is 0 Å². The van der Waals surface area contributed by atoms with Crippen molar-refractivity contribution in [2.75, 3.05) is 20.1 Å². The van der Waals surface area contributed by atoms with E-state index in [4.69, 9.17) is 11.6 Å². The monoisotopic (exact) mass is 266 g/mol. The van der Waals surface area contributed by atoms with Gasteiger partial charge in [-0.05, 0) is 30.7 Å². The Morgan fingerprint density at radius 2 is 2.33 bits per heavy atom. The van der Waals surface area contributed by atoms with E-state index < -0.39 is 0 Å². The van der Waals surface area contributed by atoms with Crippen LogP contribution in [-0.4, -0.2) is 30.9 Å². The van der Waals surface area contributed by atoms with Crippen molar-refractivity contribution in [1.29, 1.82) is 0 Å². The van der Waals surface area contributed by atoms with Crippen LogP contribution >= 0.6 is 11.6 Å². The molecule has 1 heterocycles. The van der Waals surface area contributed by atoms with Gasteiger partial charge in [-0.25, -0.2) is 0 Å². The van der Waals surface area contributed by atoms with Gasteiger partial charge in [0.2, 0.25) is 5.91 Å². The molecule has 1 aliphatic rings. The minimum Gasteiger partial charge on any atom is -0.338 e. The summed E-state index contributed by atoms with van der Waals surface area (Å²) in [4.78, 5) is 14.2. The van der Waals surface area contributed by atoms with E-state index in [0.29, 0.717) is 6.54 Å². The number of hydrogen-bond acceptors (Lipinski definition) is 2. The molecule has 1 N–H and O–H groups in total. The summed E-state index contributed by atoms with van der Waals surface area (Å²) in [5.41, 5.74) is 2.38. The predicted molar refractivity (Wildman–Crippen MR) is 73.7 cm³/mol. The lowest BCUT2D eigenvalue weighted by atomic mass is 9.98. The van der Waals surface area contributed by atoms with E-state index in [0.717, 1.165) is 24.5 Å². The van der Waals surface area contributed by atoms with Crippen LogP contribution in [0.25, 0.3) is 0 Å². The number of benzene rings is 1. The average Bonchev–Trinajstić information content (AvgIpc) is 2.38. The zero-order chi connectivity index (χ0) is 13.1. The van der Waals surface area contributed by atoms with E-state index in [1.807, 2.05) is 31.0 Å². The number of nitrogens with one attached hydrogen (secondary N) is 1. The van der Waals surface area contributed by atoms with E-state index in [9.17, 15) is 4.79 Å². The van der Waals surface area contributed by atoms with Crippen molar-refractivity contribution in [1.82, 2.24) is 10.2 Å². The van der Waals surface area contributed by atoms with E-state index in [1.165, 1.54) is 11.1 Å². The molecule has 2 rings (SSSR count). The normalized spacial score (nSPS) is 16.3. The van der Waals surface area contributed by atoms with Gasteiger partial charge in [0, 0.05) is 30.6 Å². The lowest BCUT2D eigenvalue weighted by Gasteiger charge is -2.31. The minimum atomic E-state index is 0.0238. The van der Waals surface area contributed by atoms with Crippen LogP contribution < -0.4 is 5.32 Å². The van der Waals surface area contributed by atoms with Gasteiger partial charge in [0.05, 0.1) is 0 Å². The molecule has 0 fully saturated rings. The van der Waals surface area contributed by atoms with Gasteiger partial charge in [0.25, 0.3) is 0 Å². The maximum Gasteiger partial charge on any atom is 0.226 e. The van der Waals surface area contributed by atoms with Crippen molar-refractivity contribution in [2.24, 2.45) is 5.92 Å². The quantitative estimate of drug-likeness (QED) is 0.909. The molecule has 0 aromatic heterocycles. The lowest BCUT2D eigenvalue weighted by molar-refractivity contribution is -0.135. The van der Waals surface area contributed by atoms with Crippen molar-refractivity contribution >= 4 is 17.5 Å². The van der Waals surface area contributed by atoms with Gasteiger partial charge in [0.1, 0.15) is 0 Å². The molecule has 1 aliphatic heterocycles. The summed E-state index contributed by atoms with van der Waals surface area (Å²) in [6.45, 7) is 4.14. The van der Waals surface area contributed by atoms with Crippen LogP contribution in [-0.2, 0) is 17.8 Å². The molecule has 3 nitrogen and oxygen atoms in total. The number of amides is 1. The van der Waals surface area contributed by atoms with E-state index in [1.54, 1.807) is 0 Å². The molecule has 0 saturated heterocycles. The molecule has 0 spiro atoms. The number of fused-ring (bicyclic) bond motifs is 1. The summed E-state index contributed by atoms with van der Waals surface area (Å²) < 4.78 is 0. The van der Waals surface area contributed by atoms with Gasteiger partial charge >= 0.3 is 0 Å². The van der Waals surface area contributed by atoms with E-state index in [-0.39, 0.29) is 11.8 Å². The first kappa shape index (κ1) is 13.4. The van der Waals surface area contributed by atoms with Crippen LogP contribution in [0.5, 0.6) is 0 Å². The highest BCUT2D eigenvalue weighted by Crippen LogP contribution is 2.26. The van der Waals surface area contributed by atoms with Gasteiger partial charge in [-0.2, -0.15) is 0 Å². The van der Waals surface area contributed by atoms with E-state index in [2.05, 4.69) is 11.4 Å². The molecule has 1 aromatic rings. The molecular weight excluding hydrogens is 248 g/mol. The standard InChI is InChI=1S/C14H19ClN2O/c1-10(8-16-2)14(18)17-7-6-12-11(9-17)4-3-5-13(12)15/h3-5,10,16H,6-9H2,1-2H3. The minimum absolute atomic E-state index is 0.0238. The Kier molecular flexibility index (Phi) is 4.25. The maximum absolute atomic E-state index is 12.2. The Labute approximate surface area is 113 Å². The van der Waals surface area contributed by atoms with Crippen molar-refractivity contribution < 1.29 is 4.79 Å². The van der Waals surface area contributed by atoms with Gasteiger partial charge < -0.3 is 10.2 Å². The van der Waals surface area contributed by atoms with Crippen molar-refractivity contribution in [2.45, 2.75) is 19.9 Å². The first-order valence-electron chi connectivity index (χ1n) is 6.33. The van der Waals surface area contributed by atoms with Crippen LogP contribution in [0, 0.1) is 5.92 Å². The summed E-state index contributed by atoms with van der Waals surface area (Å²) >= 11 is 6.17. The maximum atomic E-state index is 12.2. The topological polar surface area (TPSA) is 32.3 Å². The fraction of sp³-hybridized carbons (Fsp3) is 0.500. The molecule has 1 unspecified atom stereocenters. The number of hydrogen-bond donors (Lipinski definition) is 1. The molecule has 18 heavy (non-hydrogen) atoms. The van der Waals surface area contributed by atoms with Crippen LogP contribution in [0.15, 0.2) is 18.2 Å². The second kappa shape index (κ2) is 5.72. The molecule has 0 bridgehead atoms. The predicted octanol–water partition coefficient (Wildman–Crippen LogP) is 2.08. The SMILES string of the molecule is CNCC(C)C(=O)N1CCc2c(Cl)cccc2C1. The van der Waals surface area contributed by atoms with Gasteiger partial charge in [0.15, 0.2) is 0 Å². The molecule has 0 saturated carbocycles. The van der Waals surface area contributed by atoms with Gasteiger partial charge in [-0.3, -0.25) is 4.79 Å². The third-order valence-corrected chi connectivity index (χ3v) is 3.81. The fourth-order valence-electron chi connectivity index (χ4n) is 2.46. The number of carbonyl (C=O) groups is 1. The number of carbonyl (C=O) groups excluding carboxylic acids is 1. The molecule has 98 valence electrons. The summed E-state index contributed by atoms with van der Waals surface area (Å²) in [6.07, 6.45) is 0.854. The Bertz CT molecular complexity index is 447. The summed E-state index contributed by atoms with van der Waals surface area (Å²) in [7, 11) is 1.87. The molecule has 0 radical (unpaired) electrons. The summed E-state index contributed by atoms with van der Waals surface area (Å²) in [5.74, 6) is 0.241. The van der Waals surface area contributed by atoms with Crippen molar-refractivity contribution in [3.8, 4) is 0 Å². The molecule has 1 aromatic carbocycles. The third kappa shape index (κ3) is 2.68. The van der Waals surface area contributed by atoms with Gasteiger partial charge in [-0.1, -0.05) is 30.7 Å². The Hall–Kier alpha value is -1.06. The zero-order valence-electron chi connectivity index (χ0n) is 10.9. The van der Waals surface area contributed by atoms with Crippen LogP contribution in [0.3, 0.4) is 0 Å². The van der Waals surface area contributed by atoms with Crippen LogP contribution in [0.2, 0.25) is 5.02 Å². The van der Waals surface area contributed by atoms with E-state index >= 15 is 0 Å². The number of rotatable bonds is 3. The Morgan fingerprint density at radius 3 is 3.06 bits per heavy atom.